The molecule has 2 aromatic carbocycles. The van der Waals surface area contributed by atoms with Crippen molar-refractivity contribution in [1.82, 2.24) is 9.38 Å². The highest BCUT2D eigenvalue weighted by molar-refractivity contribution is 7.15. The first-order chi connectivity index (χ1) is 14.5. The minimum Gasteiger partial charge on any atom is -0.493 e. The average Bonchev–Trinajstić information content (AvgIpc) is 3.35. The summed E-state index contributed by atoms with van der Waals surface area (Å²) in [5.74, 6) is 0.423. The zero-order chi connectivity index (χ0) is 21.1. The van der Waals surface area contributed by atoms with Crippen LogP contribution in [-0.4, -0.2) is 34.8 Å². The maximum absolute atomic E-state index is 12.3. The normalized spacial score (nSPS) is 10.7. The number of nitrogens with one attached hydrogen (secondary N) is 1. The van der Waals surface area contributed by atoms with Gasteiger partial charge >= 0.3 is 0 Å². The van der Waals surface area contributed by atoms with Crippen LogP contribution in [0.2, 0.25) is 0 Å². The van der Waals surface area contributed by atoms with E-state index < -0.39 is 0 Å². The molecule has 1 N–H and O–H groups in total. The number of methoxy groups -OCH3 is 1. The Morgan fingerprint density at radius 3 is 2.63 bits per heavy atom. The molecule has 4 rings (SSSR count). The predicted molar refractivity (Wildman–Crippen MR) is 116 cm³/mol. The van der Waals surface area contributed by atoms with Crippen molar-refractivity contribution in [2.24, 2.45) is 0 Å². The van der Waals surface area contributed by atoms with Crippen LogP contribution in [0.25, 0.3) is 16.2 Å². The van der Waals surface area contributed by atoms with E-state index in [1.54, 1.807) is 29.5 Å². The summed E-state index contributed by atoms with van der Waals surface area (Å²) >= 11 is 1.58. The molecule has 152 valence electrons. The Morgan fingerprint density at radius 1 is 1.13 bits per heavy atom. The van der Waals surface area contributed by atoms with E-state index >= 15 is 0 Å². The molecule has 0 saturated heterocycles. The molecule has 30 heavy (non-hydrogen) atoms. The number of imidazole rings is 1. The monoisotopic (exact) mass is 421 g/mol. The summed E-state index contributed by atoms with van der Waals surface area (Å²) in [4.78, 5) is 29.2. The van der Waals surface area contributed by atoms with Crippen LogP contribution in [0.3, 0.4) is 0 Å². The Bertz CT molecular complexity index is 1180. The number of amides is 1. The first-order valence-electron chi connectivity index (χ1n) is 9.18. The molecule has 0 bridgehead atoms. The first kappa shape index (κ1) is 19.7. The van der Waals surface area contributed by atoms with Crippen molar-refractivity contribution in [2.75, 3.05) is 19.0 Å². The van der Waals surface area contributed by atoms with Gasteiger partial charge in [0.05, 0.1) is 12.8 Å². The number of aromatic nitrogens is 2. The van der Waals surface area contributed by atoms with Gasteiger partial charge in [0.15, 0.2) is 28.9 Å². The van der Waals surface area contributed by atoms with Crippen molar-refractivity contribution in [3.63, 3.8) is 0 Å². The van der Waals surface area contributed by atoms with E-state index in [1.165, 1.54) is 14.0 Å². The number of ketones is 1. The maximum Gasteiger partial charge on any atom is 0.262 e. The predicted octanol–water partition coefficient (Wildman–Crippen LogP) is 4.29. The zero-order valence-electron chi connectivity index (χ0n) is 16.4. The molecular formula is C22H19N3O4S. The number of thiazole rings is 1. The molecule has 0 saturated carbocycles. The van der Waals surface area contributed by atoms with Crippen LogP contribution in [0.1, 0.15) is 17.3 Å². The molecule has 0 atom stereocenters. The van der Waals surface area contributed by atoms with Gasteiger partial charge in [-0.2, -0.15) is 0 Å². The Morgan fingerprint density at radius 2 is 1.93 bits per heavy atom. The van der Waals surface area contributed by atoms with Crippen LogP contribution < -0.4 is 14.8 Å². The third kappa shape index (κ3) is 4.18. The van der Waals surface area contributed by atoms with Gasteiger partial charge in [-0.25, -0.2) is 4.98 Å². The van der Waals surface area contributed by atoms with E-state index in [9.17, 15) is 9.59 Å². The Hall–Kier alpha value is -3.65. The number of benzene rings is 2. The molecule has 0 aliphatic carbocycles. The summed E-state index contributed by atoms with van der Waals surface area (Å²) in [7, 11) is 1.48. The summed E-state index contributed by atoms with van der Waals surface area (Å²) < 4.78 is 12.8. The molecule has 0 unspecified atom stereocenters. The largest absolute Gasteiger partial charge is 0.493 e. The third-order valence-electron chi connectivity index (χ3n) is 4.49. The highest BCUT2D eigenvalue weighted by Gasteiger charge is 2.11. The van der Waals surface area contributed by atoms with Gasteiger partial charge in [0.1, 0.15) is 0 Å². The number of hydrogen-bond donors (Lipinski definition) is 1. The fourth-order valence-corrected chi connectivity index (χ4v) is 3.64. The highest BCUT2D eigenvalue weighted by atomic mass is 32.1. The Labute approximate surface area is 176 Å². The van der Waals surface area contributed by atoms with Crippen LogP contribution >= 0.6 is 11.3 Å². The number of Topliss-reactive ketones (excluding diaryl/α,β-unsaturated/α-hetero) is 1. The van der Waals surface area contributed by atoms with Gasteiger partial charge in [0, 0.05) is 34.6 Å². The number of rotatable bonds is 7. The summed E-state index contributed by atoms with van der Waals surface area (Å²) in [6.07, 6.45) is 3.94. The molecule has 0 radical (unpaired) electrons. The van der Waals surface area contributed by atoms with Gasteiger partial charge in [-0.15, -0.1) is 11.3 Å². The molecule has 8 heteroatoms. The van der Waals surface area contributed by atoms with Gasteiger partial charge in [-0.05, 0) is 37.3 Å². The maximum atomic E-state index is 12.3. The van der Waals surface area contributed by atoms with Crippen LogP contribution in [0.4, 0.5) is 5.69 Å². The number of ether oxygens (including phenoxy) is 2. The van der Waals surface area contributed by atoms with Crippen LogP contribution in [0, 0.1) is 0 Å². The lowest BCUT2D eigenvalue weighted by molar-refractivity contribution is -0.118. The van der Waals surface area contributed by atoms with Crippen LogP contribution in [-0.2, 0) is 4.79 Å². The number of anilines is 1. The van der Waals surface area contributed by atoms with Gasteiger partial charge in [-0.1, -0.05) is 12.1 Å². The summed E-state index contributed by atoms with van der Waals surface area (Å²) in [5.41, 5.74) is 3.02. The summed E-state index contributed by atoms with van der Waals surface area (Å²) in [6, 6.07) is 12.3. The van der Waals surface area contributed by atoms with E-state index in [0.717, 1.165) is 16.2 Å². The second-order valence-corrected chi connectivity index (χ2v) is 7.43. The standard InChI is InChI=1S/C22H19N3O4S/c1-14(26)16-5-8-19(20(11-16)28-2)29-13-21(27)23-17-6-3-15(4-7-17)18-12-25-9-10-30-22(25)24-18/h3-12H,13H2,1-2H3,(H,23,27). The minimum absolute atomic E-state index is 0.0728. The smallest absolute Gasteiger partial charge is 0.262 e. The van der Waals surface area contributed by atoms with Crippen molar-refractivity contribution in [3.05, 3.63) is 65.8 Å². The number of carbonyl (C=O) groups is 2. The number of hydrogen-bond acceptors (Lipinski definition) is 6. The summed E-state index contributed by atoms with van der Waals surface area (Å²) in [6.45, 7) is 1.29. The van der Waals surface area contributed by atoms with Gasteiger partial charge < -0.3 is 14.8 Å². The molecular weight excluding hydrogens is 402 g/mol. The van der Waals surface area contributed by atoms with E-state index in [-0.39, 0.29) is 18.3 Å². The highest BCUT2D eigenvalue weighted by Crippen LogP contribution is 2.28. The lowest BCUT2D eigenvalue weighted by Gasteiger charge is -2.12. The molecule has 2 heterocycles. The third-order valence-corrected chi connectivity index (χ3v) is 5.26. The van der Waals surface area contributed by atoms with E-state index in [2.05, 4.69) is 10.3 Å². The number of nitrogens with zero attached hydrogens (tertiary/aromatic N) is 2. The van der Waals surface area contributed by atoms with Crippen LogP contribution in [0.15, 0.2) is 60.2 Å². The molecule has 0 aliphatic rings. The van der Waals surface area contributed by atoms with Crippen molar-refractivity contribution in [1.29, 1.82) is 0 Å². The zero-order valence-corrected chi connectivity index (χ0v) is 17.2. The molecule has 7 nitrogen and oxygen atoms in total. The SMILES string of the molecule is COc1cc(C(C)=O)ccc1OCC(=O)Nc1ccc(-c2cn3ccsc3n2)cc1. The Balaban J connectivity index is 1.37. The lowest BCUT2D eigenvalue weighted by atomic mass is 10.1. The molecule has 0 fully saturated rings. The van der Waals surface area contributed by atoms with E-state index in [4.69, 9.17) is 9.47 Å². The van der Waals surface area contributed by atoms with Crippen molar-refractivity contribution >= 4 is 33.7 Å². The molecule has 1 amide bonds. The van der Waals surface area contributed by atoms with E-state index in [1.807, 2.05) is 46.4 Å². The molecule has 2 aromatic heterocycles. The molecule has 4 aromatic rings. The average molecular weight is 421 g/mol. The number of carbonyl (C=O) groups excluding carboxylic acids is 2. The fourth-order valence-electron chi connectivity index (χ4n) is 2.94. The van der Waals surface area contributed by atoms with Gasteiger partial charge in [0.25, 0.3) is 5.91 Å². The van der Waals surface area contributed by atoms with Crippen molar-refractivity contribution < 1.29 is 19.1 Å². The second kappa shape index (κ2) is 8.38. The van der Waals surface area contributed by atoms with Crippen LogP contribution in [0.5, 0.6) is 11.5 Å². The topological polar surface area (TPSA) is 81.9 Å². The number of fused-ring (bicyclic) bond motifs is 1. The lowest BCUT2D eigenvalue weighted by Crippen LogP contribution is -2.20. The summed E-state index contributed by atoms with van der Waals surface area (Å²) in [5, 5.41) is 4.78. The van der Waals surface area contributed by atoms with Gasteiger partial charge in [0.2, 0.25) is 0 Å². The fraction of sp³-hybridized carbons (Fsp3) is 0.136. The van der Waals surface area contributed by atoms with Crippen molar-refractivity contribution in [2.45, 2.75) is 6.92 Å². The Kier molecular flexibility index (Phi) is 5.49. The molecule has 0 spiro atoms. The van der Waals surface area contributed by atoms with E-state index in [0.29, 0.717) is 22.7 Å². The minimum atomic E-state index is -0.303. The second-order valence-electron chi connectivity index (χ2n) is 6.56. The van der Waals surface area contributed by atoms with Gasteiger partial charge in [-0.3, -0.25) is 14.0 Å². The molecule has 0 aliphatic heterocycles. The quantitative estimate of drug-likeness (QED) is 0.450. The first-order valence-corrected chi connectivity index (χ1v) is 10.1. The van der Waals surface area contributed by atoms with Crippen molar-refractivity contribution in [3.8, 4) is 22.8 Å².